The normalized spacial score (nSPS) is 38.5. The fourth-order valence-electron chi connectivity index (χ4n) is 1.98. The van der Waals surface area contributed by atoms with Crippen LogP contribution in [0, 0.1) is 0 Å². The van der Waals surface area contributed by atoms with Crippen molar-refractivity contribution in [2.75, 3.05) is 7.05 Å². The Morgan fingerprint density at radius 3 is 2.18 bits per heavy atom. The lowest BCUT2D eigenvalue weighted by Crippen LogP contribution is -2.51. The summed E-state index contributed by atoms with van der Waals surface area (Å²) in [5, 5.41) is 9.11. The second-order valence-corrected chi connectivity index (χ2v) is 4.03. The lowest BCUT2D eigenvalue weighted by molar-refractivity contribution is -0.0189. The summed E-state index contributed by atoms with van der Waals surface area (Å²) >= 11 is 0. The number of aliphatic hydroxyl groups is 1. The Kier molecular flexibility index (Phi) is 1.90. The summed E-state index contributed by atoms with van der Waals surface area (Å²) in [6.45, 7) is 0. The van der Waals surface area contributed by atoms with Gasteiger partial charge in [-0.3, -0.25) is 0 Å². The third kappa shape index (κ3) is 1.30. The predicted molar refractivity (Wildman–Crippen MR) is 44.4 cm³/mol. The van der Waals surface area contributed by atoms with Crippen LogP contribution in [-0.4, -0.2) is 35.2 Å². The molecule has 2 aliphatic rings. The van der Waals surface area contributed by atoms with Crippen LogP contribution in [0.5, 0.6) is 0 Å². The van der Waals surface area contributed by atoms with Crippen molar-refractivity contribution in [1.82, 2.24) is 4.90 Å². The van der Waals surface area contributed by atoms with Gasteiger partial charge in [0, 0.05) is 12.1 Å². The molecule has 2 aliphatic carbocycles. The fourth-order valence-corrected chi connectivity index (χ4v) is 1.98. The molecule has 0 aromatic rings. The van der Waals surface area contributed by atoms with E-state index in [1.165, 1.54) is 19.3 Å². The van der Waals surface area contributed by atoms with Crippen LogP contribution in [0.1, 0.15) is 32.1 Å². The molecule has 0 atom stereocenters. The molecule has 2 nitrogen and oxygen atoms in total. The van der Waals surface area contributed by atoms with E-state index in [0.717, 1.165) is 18.9 Å². The molecule has 2 saturated carbocycles. The Balaban J connectivity index is 1.76. The third-order valence-corrected chi connectivity index (χ3v) is 3.31. The summed E-state index contributed by atoms with van der Waals surface area (Å²) in [5.74, 6) is 0. The monoisotopic (exact) mass is 155 g/mol. The van der Waals surface area contributed by atoms with Crippen molar-refractivity contribution in [1.29, 1.82) is 0 Å². The van der Waals surface area contributed by atoms with E-state index in [1.807, 2.05) is 0 Å². The van der Waals surface area contributed by atoms with Gasteiger partial charge >= 0.3 is 0 Å². The highest BCUT2D eigenvalue weighted by molar-refractivity contribution is 4.90. The molecule has 0 aromatic heterocycles. The van der Waals surface area contributed by atoms with E-state index < -0.39 is 0 Å². The molecule has 0 unspecified atom stereocenters. The van der Waals surface area contributed by atoms with Crippen molar-refractivity contribution >= 4 is 0 Å². The molecule has 1 N–H and O–H groups in total. The topological polar surface area (TPSA) is 23.5 Å². The van der Waals surface area contributed by atoms with E-state index in [4.69, 9.17) is 5.11 Å². The van der Waals surface area contributed by atoms with Crippen molar-refractivity contribution in [2.45, 2.75) is 50.3 Å². The number of aliphatic hydroxyl groups excluding tert-OH is 1. The summed E-state index contributed by atoms with van der Waals surface area (Å²) in [4.78, 5) is 2.47. The average molecular weight is 155 g/mol. The van der Waals surface area contributed by atoms with E-state index in [0.29, 0.717) is 6.04 Å². The zero-order valence-corrected chi connectivity index (χ0v) is 7.16. The zero-order valence-electron chi connectivity index (χ0n) is 7.16. The molecule has 0 radical (unpaired) electrons. The van der Waals surface area contributed by atoms with E-state index in [2.05, 4.69) is 11.9 Å². The molecule has 0 saturated heterocycles. The second kappa shape index (κ2) is 2.76. The Bertz CT molecular complexity index is 138. The fraction of sp³-hybridized carbons (Fsp3) is 1.00. The van der Waals surface area contributed by atoms with Crippen molar-refractivity contribution in [3.05, 3.63) is 0 Å². The molecule has 64 valence electrons. The highest BCUT2D eigenvalue weighted by Gasteiger charge is 2.35. The lowest BCUT2D eigenvalue weighted by Gasteiger charge is -2.45. The quantitative estimate of drug-likeness (QED) is 0.643. The first-order chi connectivity index (χ1) is 5.27. The molecular weight excluding hydrogens is 138 g/mol. The van der Waals surface area contributed by atoms with Crippen LogP contribution in [0.25, 0.3) is 0 Å². The Morgan fingerprint density at radius 1 is 1.18 bits per heavy atom. The molecule has 2 rings (SSSR count). The summed E-state index contributed by atoms with van der Waals surface area (Å²) in [6.07, 6.45) is 6.18. The molecule has 2 fully saturated rings. The van der Waals surface area contributed by atoms with Gasteiger partial charge in [-0.15, -0.1) is 0 Å². The second-order valence-electron chi connectivity index (χ2n) is 4.03. The van der Waals surface area contributed by atoms with Crippen LogP contribution in [0.4, 0.5) is 0 Å². The highest BCUT2D eigenvalue weighted by atomic mass is 16.3. The lowest BCUT2D eigenvalue weighted by atomic mass is 9.83. The van der Waals surface area contributed by atoms with Gasteiger partial charge in [-0.1, -0.05) is 6.42 Å². The molecule has 0 heterocycles. The standard InChI is InChI=1S/C9H17NO/c1-10(7-3-2-4-7)8-5-9(11)6-8/h7-9,11H,2-6H2,1H3. The highest BCUT2D eigenvalue weighted by Crippen LogP contribution is 2.32. The van der Waals surface area contributed by atoms with Gasteiger partial charge in [0.1, 0.15) is 0 Å². The van der Waals surface area contributed by atoms with Crippen molar-refractivity contribution in [3.8, 4) is 0 Å². The third-order valence-electron chi connectivity index (χ3n) is 3.31. The number of nitrogens with zero attached hydrogens (tertiary/aromatic N) is 1. The predicted octanol–water partition coefficient (Wildman–Crippen LogP) is 0.994. The first-order valence-electron chi connectivity index (χ1n) is 4.67. The number of rotatable bonds is 2. The van der Waals surface area contributed by atoms with Gasteiger partial charge in [-0.2, -0.15) is 0 Å². The smallest absolute Gasteiger partial charge is 0.0570 e. The van der Waals surface area contributed by atoms with Crippen LogP contribution < -0.4 is 0 Å². The Hall–Kier alpha value is -0.0800. The van der Waals surface area contributed by atoms with Crippen LogP contribution in [0.2, 0.25) is 0 Å². The van der Waals surface area contributed by atoms with Gasteiger partial charge in [0.05, 0.1) is 6.10 Å². The van der Waals surface area contributed by atoms with Crippen LogP contribution >= 0.6 is 0 Å². The minimum Gasteiger partial charge on any atom is -0.393 e. The number of hydrogen-bond acceptors (Lipinski definition) is 2. The van der Waals surface area contributed by atoms with E-state index in [-0.39, 0.29) is 6.10 Å². The van der Waals surface area contributed by atoms with Crippen LogP contribution in [0.3, 0.4) is 0 Å². The van der Waals surface area contributed by atoms with Crippen molar-refractivity contribution < 1.29 is 5.11 Å². The summed E-state index contributed by atoms with van der Waals surface area (Å²) in [7, 11) is 2.21. The molecule has 0 bridgehead atoms. The Morgan fingerprint density at radius 2 is 1.82 bits per heavy atom. The van der Waals surface area contributed by atoms with Gasteiger partial charge < -0.3 is 10.0 Å². The maximum absolute atomic E-state index is 9.11. The molecular formula is C9H17NO. The van der Waals surface area contributed by atoms with Gasteiger partial charge in [0.2, 0.25) is 0 Å². The molecule has 0 spiro atoms. The summed E-state index contributed by atoms with van der Waals surface area (Å²) in [5.41, 5.74) is 0. The first kappa shape index (κ1) is 7.56. The van der Waals surface area contributed by atoms with Gasteiger partial charge in [-0.05, 0) is 32.7 Å². The Labute approximate surface area is 68.2 Å². The SMILES string of the molecule is CN(C1CCC1)C1CC(O)C1. The van der Waals surface area contributed by atoms with Gasteiger partial charge in [-0.25, -0.2) is 0 Å². The van der Waals surface area contributed by atoms with E-state index in [9.17, 15) is 0 Å². The molecule has 2 heteroatoms. The van der Waals surface area contributed by atoms with E-state index in [1.54, 1.807) is 0 Å². The maximum atomic E-state index is 9.11. The largest absolute Gasteiger partial charge is 0.393 e. The van der Waals surface area contributed by atoms with Crippen LogP contribution in [-0.2, 0) is 0 Å². The average Bonchev–Trinajstić information content (AvgIpc) is 1.76. The van der Waals surface area contributed by atoms with Gasteiger partial charge in [0.15, 0.2) is 0 Å². The minimum atomic E-state index is 0.00234. The molecule has 11 heavy (non-hydrogen) atoms. The maximum Gasteiger partial charge on any atom is 0.0570 e. The van der Waals surface area contributed by atoms with Crippen LogP contribution in [0.15, 0.2) is 0 Å². The molecule has 0 aliphatic heterocycles. The van der Waals surface area contributed by atoms with Gasteiger partial charge in [0.25, 0.3) is 0 Å². The zero-order chi connectivity index (χ0) is 7.84. The molecule has 0 aromatic carbocycles. The molecule has 0 amide bonds. The van der Waals surface area contributed by atoms with Crippen molar-refractivity contribution in [2.24, 2.45) is 0 Å². The summed E-state index contributed by atoms with van der Waals surface area (Å²) < 4.78 is 0. The van der Waals surface area contributed by atoms with Crippen molar-refractivity contribution in [3.63, 3.8) is 0 Å². The summed E-state index contributed by atoms with van der Waals surface area (Å²) in [6, 6.07) is 1.53. The number of hydrogen-bond donors (Lipinski definition) is 1. The minimum absolute atomic E-state index is 0.00234. The van der Waals surface area contributed by atoms with E-state index >= 15 is 0 Å². The first-order valence-corrected chi connectivity index (χ1v) is 4.67.